The molecule has 30 heavy (non-hydrogen) atoms. The van der Waals surface area contributed by atoms with Crippen molar-refractivity contribution in [3.8, 4) is 0 Å². The molecule has 156 valence electrons. The number of hydrogen-bond donors (Lipinski definition) is 3. The van der Waals surface area contributed by atoms with Crippen molar-refractivity contribution < 1.29 is 9.59 Å². The Bertz CT molecular complexity index is 1040. The average molecular weight is 405 g/mol. The Morgan fingerprint density at radius 3 is 2.80 bits per heavy atom. The first-order valence-electron chi connectivity index (χ1n) is 10.1. The lowest BCUT2D eigenvalue weighted by Gasteiger charge is -2.26. The third-order valence-electron chi connectivity index (χ3n) is 5.37. The molecule has 1 aromatic heterocycles. The Morgan fingerprint density at radius 1 is 1.33 bits per heavy atom. The van der Waals surface area contributed by atoms with Gasteiger partial charge < -0.3 is 20.5 Å². The number of aromatic nitrogens is 1. The summed E-state index contributed by atoms with van der Waals surface area (Å²) < 4.78 is 0. The van der Waals surface area contributed by atoms with Gasteiger partial charge in [-0.25, -0.2) is 4.79 Å². The number of anilines is 1. The quantitative estimate of drug-likeness (QED) is 0.603. The first-order valence-corrected chi connectivity index (χ1v) is 10.1. The first-order chi connectivity index (χ1) is 14.5. The van der Waals surface area contributed by atoms with E-state index < -0.39 is 0 Å². The lowest BCUT2D eigenvalue weighted by Crippen LogP contribution is -2.37. The summed E-state index contributed by atoms with van der Waals surface area (Å²) in [6, 6.07) is 3.30. The molecule has 0 spiro atoms. The minimum atomic E-state index is -0.297. The Labute approximate surface area is 177 Å². The second-order valence-electron chi connectivity index (χ2n) is 7.32. The molecule has 6 heteroatoms. The highest BCUT2D eigenvalue weighted by atomic mass is 16.2. The minimum absolute atomic E-state index is 0.204. The van der Waals surface area contributed by atoms with Gasteiger partial charge in [-0.05, 0) is 48.7 Å². The number of nitrogens with zero attached hydrogens (tertiary/aromatic N) is 1. The maximum atomic E-state index is 13.0. The Morgan fingerprint density at radius 2 is 2.13 bits per heavy atom. The summed E-state index contributed by atoms with van der Waals surface area (Å²) in [5, 5.41) is 6.31. The van der Waals surface area contributed by atoms with Crippen molar-refractivity contribution in [2.75, 3.05) is 18.4 Å². The van der Waals surface area contributed by atoms with Crippen LogP contribution in [0.2, 0.25) is 0 Å². The Kier molecular flexibility index (Phi) is 6.57. The van der Waals surface area contributed by atoms with Crippen molar-refractivity contribution in [1.29, 1.82) is 0 Å². The molecular formula is C24H28N4O2. The number of aromatic amines is 1. The van der Waals surface area contributed by atoms with E-state index in [1.165, 1.54) is 11.8 Å². The molecule has 0 aliphatic heterocycles. The normalized spacial score (nSPS) is 15.4. The number of rotatable bonds is 7. The van der Waals surface area contributed by atoms with E-state index in [0.717, 1.165) is 22.9 Å². The summed E-state index contributed by atoms with van der Waals surface area (Å²) in [5.74, 6) is 0.118. The summed E-state index contributed by atoms with van der Waals surface area (Å²) in [7, 11) is 0. The van der Waals surface area contributed by atoms with Crippen molar-refractivity contribution in [3.05, 3.63) is 72.6 Å². The van der Waals surface area contributed by atoms with E-state index in [0.29, 0.717) is 30.3 Å². The van der Waals surface area contributed by atoms with Crippen molar-refractivity contribution in [1.82, 2.24) is 15.2 Å². The molecular weight excluding hydrogens is 376 g/mol. The fourth-order valence-electron chi connectivity index (χ4n) is 3.63. The van der Waals surface area contributed by atoms with Gasteiger partial charge in [-0.3, -0.25) is 4.79 Å². The van der Waals surface area contributed by atoms with E-state index in [1.807, 2.05) is 19.1 Å². The van der Waals surface area contributed by atoms with Crippen LogP contribution in [-0.2, 0) is 0 Å². The fourth-order valence-corrected chi connectivity index (χ4v) is 3.63. The number of H-pyrrole nitrogens is 1. The Balaban J connectivity index is 1.88. The molecule has 2 aromatic rings. The maximum absolute atomic E-state index is 13.0. The monoisotopic (exact) mass is 404 g/mol. The molecule has 0 radical (unpaired) electrons. The van der Waals surface area contributed by atoms with Crippen LogP contribution in [0.25, 0.3) is 17.0 Å². The zero-order chi connectivity index (χ0) is 21.7. The largest absolute Gasteiger partial charge is 0.360 e. The van der Waals surface area contributed by atoms with Crippen LogP contribution < -0.4 is 10.6 Å². The summed E-state index contributed by atoms with van der Waals surface area (Å²) in [4.78, 5) is 30.4. The van der Waals surface area contributed by atoms with Gasteiger partial charge in [0, 0.05) is 35.9 Å². The van der Waals surface area contributed by atoms with Crippen LogP contribution in [0.4, 0.5) is 10.5 Å². The number of benzene rings is 1. The SMILES string of the molecule is C=CNC(=O)c1cc(NC(=O)N(CC)CC2=CC=CCC2C)cc2[nH]cc(C=C)c12. The molecule has 3 amide bonds. The van der Waals surface area contributed by atoms with Gasteiger partial charge in [-0.2, -0.15) is 0 Å². The number of fused-ring (bicyclic) bond motifs is 1. The van der Waals surface area contributed by atoms with E-state index in [-0.39, 0.29) is 11.9 Å². The summed E-state index contributed by atoms with van der Waals surface area (Å²) >= 11 is 0. The van der Waals surface area contributed by atoms with Gasteiger partial charge in [0.15, 0.2) is 0 Å². The first kappa shape index (κ1) is 21.2. The highest BCUT2D eigenvalue weighted by molar-refractivity contribution is 6.11. The zero-order valence-corrected chi connectivity index (χ0v) is 17.5. The van der Waals surface area contributed by atoms with Crippen molar-refractivity contribution >= 4 is 34.6 Å². The third-order valence-corrected chi connectivity index (χ3v) is 5.37. The lowest BCUT2D eigenvalue weighted by atomic mass is 9.93. The van der Waals surface area contributed by atoms with Crippen LogP contribution in [0.15, 0.2) is 61.5 Å². The molecule has 1 unspecified atom stereocenters. The highest BCUT2D eigenvalue weighted by Gasteiger charge is 2.20. The van der Waals surface area contributed by atoms with Crippen molar-refractivity contribution in [2.45, 2.75) is 20.3 Å². The summed E-state index contributed by atoms with van der Waals surface area (Å²) in [6.07, 6.45) is 12.1. The number of urea groups is 1. The van der Waals surface area contributed by atoms with E-state index in [9.17, 15) is 9.59 Å². The lowest BCUT2D eigenvalue weighted by molar-refractivity contribution is 0.0972. The Hall–Kier alpha value is -3.54. The molecule has 1 aliphatic carbocycles. The number of carbonyl (C=O) groups is 2. The predicted molar refractivity (Wildman–Crippen MR) is 123 cm³/mol. The van der Waals surface area contributed by atoms with E-state index >= 15 is 0 Å². The number of carbonyl (C=O) groups excluding carboxylic acids is 2. The van der Waals surface area contributed by atoms with Crippen molar-refractivity contribution in [2.24, 2.45) is 5.92 Å². The van der Waals surface area contributed by atoms with Crippen LogP contribution in [-0.4, -0.2) is 34.9 Å². The number of hydrogen-bond acceptors (Lipinski definition) is 2. The van der Waals surface area contributed by atoms with Gasteiger partial charge in [0.1, 0.15) is 0 Å². The molecule has 0 fully saturated rings. The molecule has 3 N–H and O–H groups in total. The minimum Gasteiger partial charge on any atom is -0.360 e. The molecule has 0 saturated carbocycles. The predicted octanol–water partition coefficient (Wildman–Crippen LogP) is 5.06. The van der Waals surface area contributed by atoms with E-state index in [2.05, 4.69) is 47.9 Å². The molecule has 0 saturated heterocycles. The number of nitrogens with one attached hydrogen (secondary N) is 3. The second kappa shape index (κ2) is 9.31. The number of likely N-dealkylation sites (N-methyl/N-ethyl adjacent to an activating group) is 1. The number of allylic oxidation sites excluding steroid dienone is 3. The van der Waals surface area contributed by atoms with Crippen LogP contribution in [0.5, 0.6) is 0 Å². The molecule has 6 nitrogen and oxygen atoms in total. The molecule has 0 bridgehead atoms. The highest BCUT2D eigenvalue weighted by Crippen LogP contribution is 2.28. The smallest absolute Gasteiger partial charge is 0.322 e. The average Bonchev–Trinajstić information content (AvgIpc) is 3.15. The van der Waals surface area contributed by atoms with Gasteiger partial charge in [-0.1, -0.05) is 44.4 Å². The van der Waals surface area contributed by atoms with Crippen LogP contribution >= 0.6 is 0 Å². The zero-order valence-electron chi connectivity index (χ0n) is 17.5. The standard InChI is InChI=1S/C24H28N4O2/c1-5-17-14-26-21-13-19(12-20(22(17)21)23(29)25-6-2)27-24(30)28(7-3)15-18-11-9-8-10-16(18)4/h5-6,8-9,11-14,16,26H,1-2,7,10,15H2,3-4H3,(H,25,29)(H,27,30). The second-order valence-corrected chi connectivity index (χ2v) is 7.32. The van der Waals surface area contributed by atoms with Gasteiger partial charge in [0.2, 0.25) is 0 Å². The third kappa shape index (κ3) is 4.38. The molecule has 1 atom stereocenters. The molecule has 1 heterocycles. The van der Waals surface area contributed by atoms with Crippen LogP contribution in [0, 0.1) is 5.92 Å². The topological polar surface area (TPSA) is 77.2 Å². The summed E-state index contributed by atoms with van der Waals surface area (Å²) in [5.41, 5.74) is 3.78. The maximum Gasteiger partial charge on any atom is 0.322 e. The van der Waals surface area contributed by atoms with E-state index in [1.54, 1.807) is 23.2 Å². The van der Waals surface area contributed by atoms with Crippen LogP contribution in [0.1, 0.15) is 36.2 Å². The molecule has 1 aliphatic rings. The molecule has 3 rings (SSSR count). The van der Waals surface area contributed by atoms with Gasteiger partial charge in [-0.15, -0.1) is 0 Å². The summed E-state index contributed by atoms with van der Waals surface area (Å²) in [6.45, 7) is 12.6. The number of amides is 3. The molecule has 1 aromatic carbocycles. The van der Waals surface area contributed by atoms with Gasteiger partial charge >= 0.3 is 6.03 Å². The van der Waals surface area contributed by atoms with Crippen molar-refractivity contribution in [3.63, 3.8) is 0 Å². The fraction of sp³-hybridized carbons (Fsp3) is 0.250. The van der Waals surface area contributed by atoms with E-state index in [4.69, 9.17) is 0 Å². The van der Waals surface area contributed by atoms with Crippen LogP contribution in [0.3, 0.4) is 0 Å². The van der Waals surface area contributed by atoms with Gasteiger partial charge in [0.25, 0.3) is 5.91 Å². The van der Waals surface area contributed by atoms with Gasteiger partial charge in [0.05, 0.1) is 5.56 Å².